The van der Waals surface area contributed by atoms with E-state index in [-0.39, 0.29) is 12.3 Å². The van der Waals surface area contributed by atoms with E-state index < -0.39 is 5.97 Å². The Morgan fingerprint density at radius 1 is 0.923 bits per heavy atom. The molecule has 3 aromatic carbocycles. The van der Waals surface area contributed by atoms with E-state index in [1.165, 1.54) is 0 Å². The van der Waals surface area contributed by atoms with Gasteiger partial charge in [-0.15, -0.1) is 0 Å². The predicted octanol–water partition coefficient (Wildman–Crippen LogP) is 5.63. The number of rotatable bonds is 7. The van der Waals surface area contributed by atoms with Gasteiger partial charge < -0.3 is 9.84 Å². The number of aliphatic carboxylic acids is 1. The number of hydrogen-bond donors (Lipinski definition) is 1. The van der Waals surface area contributed by atoms with Crippen molar-refractivity contribution >= 4 is 21.9 Å². The zero-order chi connectivity index (χ0) is 18.4. The van der Waals surface area contributed by atoms with Gasteiger partial charge in [-0.2, -0.15) is 0 Å². The van der Waals surface area contributed by atoms with Crippen LogP contribution in [-0.2, 0) is 11.4 Å². The standard InChI is InChI=1S/C22H19BrO3/c23-20-13-7-12-18(22(20)26-15-16-8-3-1-4-9-16)19(14-21(24)25)17-10-5-2-6-11-17/h1-13,19H,14-15H2,(H,24,25)/t19-/m0/s1. The first-order valence-corrected chi connectivity index (χ1v) is 9.16. The molecule has 1 N–H and O–H groups in total. The van der Waals surface area contributed by atoms with E-state index in [1.807, 2.05) is 78.9 Å². The van der Waals surface area contributed by atoms with Crippen molar-refractivity contribution in [2.75, 3.05) is 0 Å². The third-order valence-electron chi connectivity index (χ3n) is 4.18. The SMILES string of the molecule is O=C(O)C[C@@H](c1ccccc1)c1cccc(Br)c1OCc1ccccc1. The lowest BCUT2D eigenvalue weighted by atomic mass is 9.88. The van der Waals surface area contributed by atoms with Gasteiger partial charge in [-0.1, -0.05) is 72.8 Å². The summed E-state index contributed by atoms with van der Waals surface area (Å²) in [5.74, 6) is -0.434. The number of hydrogen-bond acceptors (Lipinski definition) is 2. The van der Waals surface area contributed by atoms with Crippen molar-refractivity contribution in [2.24, 2.45) is 0 Å². The highest BCUT2D eigenvalue weighted by Crippen LogP contribution is 2.39. The molecule has 0 heterocycles. The van der Waals surface area contributed by atoms with Crippen LogP contribution in [0.3, 0.4) is 0 Å². The van der Waals surface area contributed by atoms with Crippen LogP contribution in [0.25, 0.3) is 0 Å². The van der Waals surface area contributed by atoms with Crippen LogP contribution in [0.2, 0.25) is 0 Å². The van der Waals surface area contributed by atoms with Gasteiger partial charge >= 0.3 is 5.97 Å². The molecule has 0 saturated heterocycles. The maximum atomic E-state index is 11.5. The highest BCUT2D eigenvalue weighted by atomic mass is 79.9. The van der Waals surface area contributed by atoms with Gasteiger partial charge in [0.15, 0.2) is 0 Å². The minimum absolute atomic E-state index is 0.00215. The van der Waals surface area contributed by atoms with Crippen LogP contribution in [0.15, 0.2) is 83.3 Å². The number of ether oxygens (including phenoxy) is 1. The van der Waals surface area contributed by atoms with Crippen LogP contribution in [0.1, 0.15) is 29.0 Å². The largest absolute Gasteiger partial charge is 0.487 e. The molecule has 0 aromatic heterocycles. The monoisotopic (exact) mass is 410 g/mol. The lowest BCUT2D eigenvalue weighted by Gasteiger charge is -2.21. The van der Waals surface area contributed by atoms with Crippen LogP contribution < -0.4 is 4.74 Å². The predicted molar refractivity (Wildman–Crippen MR) is 105 cm³/mol. The van der Waals surface area contributed by atoms with Gasteiger partial charge in [-0.05, 0) is 33.1 Å². The van der Waals surface area contributed by atoms with Gasteiger partial charge in [0, 0.05) is 11.5 Å². The molecule has 0 amide bonds. The Balaban J connectivity index is 1.96. The summed E-state index contributed by atoms with van der Waals surface area (Å²) in [7, 11) is 0. The molecule has 1 atom stereocenters. The van der Waals surface area contributed by atoms with E-state index >= 15 is 0 Å². The first-order chi connectivity index (χ1) is 12.6. The Morgan fingerprint density at radius 2 is 1.58 bits per heavy atom. The van der Waals surface area contributed by atoms with Crippen molar-refractivity contribution in [1.82, 2.24) is 0 Å². The van der Waals surface area contributed by atoms with Crippen LogP contribution in [0.5, 0.6) is 5.75 Å². The molecule has 0 bridgehead atoms. The molecule has 0 radical (unpaired) electrons. The Morgan fingerprint density at radius 3 is 2.23 bits per heavy atom. The fraction of sp³-hybridized carbons (Fsp3) is 0.136. The molecule has 4 heteroatoms. The third-order valence-corrected chi connectivity index (χ3v) is 4.80. The molecule has 132 valence electrons. The third kappa shape index (κ3) is 4.52. The van der Waals surface area contributed by atoms with Crippen molar-refractivity contribution in [3.05, 3.63) is 100 Å². The van der Waals surface area contributed by atoms with E-state index in [2.05, 4.69) is 15.9 Å². The van der Waals surface area contributed by atoms with Gasteiger partial charge in [0.2, 0.25) is 0 Å². The molecule has 3 aromatic rings. The second kappa shape index (κ2) is 8.68. The summed E-state index contributed by atoms with van der Waals surface area (Å²) in [6.07, 6.45) is 0.00215. The van der Waals surface area contributed by atoms with Crippen molar-refractivity contribution in [3.8, 4) is 5.75 Å². The summed E-state index contributed by atoms with van der Waals surface area (Å²) in [5.41, 5.74) is 2.88. The molecule has 0 fully saturated rings. The zero-order valence-electron chi connectivity index (χ0n) is 14.1. The molecule has 26 heavy (non-hydrogen) atoms. The lowest BCUT2D eigenvalue weighted by Crippen LogP contribution is -2.10. The van der Waals surface area contributed by atoms with Gasteiger partial charge in [-0.25, -0.2) is 0 Å². The van der Waals surface area contributed by atoms with E-state index in [0.29, 0.717) is 12.4 Å². The Kier molecular flexibility index (Phi) is 6.08. The maximum absolute atomic E-state index is 11.5. The quantitative estimate of drug-likeness (QED) is 0.548. The van der Waals surface area contributed by atoms with E-state index in [1.54, 1.807) is 0 Å². The average Bonchev–Trinajstić information content (AvgIpc) is 2.66. The highest BCUT2D eigenvalue weighted by Gasteiger charge is 2.23. The van der Waals surface area contributed by atoms with E-state index in [0.717, 1.165) is 21.2 Å². The van der Waals surface area contributed by atoms with Crippen molar-refractivity contribution < 1.29 is 14.6 Å². The summed E-state index contributed by atoms with van der Waals surface area (Å²) in [6.45, 7) is 0.422. The minimum atomic E-state index is -0.840. The maximum Gasteiger partial charge on any atom is 0.304 e. The summed E-state index contributed by atoms with van der Waals surface area (Å²) in [4.78, 5) is 11.5. The molecule has 0 spiro atoms. The van der Waals surface area contributed by atoms with Gasteiger partial charge in [0.05, 0.1) is 10.9 Å². The number of carboxylic acids is 1. The normalized spacial score (nSPS) is 11.7. The summed E-state index contributed by atoms with van der Waals surface area (Å²) >= 11 is 3.56. The molecular weight excluding hydrogens is 392 g/mol. The number of para-hydroxylation sites is 1. The minimum Gasteiger partial charge on any atom is -0.487 e. The number of carboxylic acid groups (broad SMARTS) is 1. The van der Waals surface area contributed by atoms with E-state index in [9.17, 15) is 9.90 Å². The van der Waals surface area contributed by atoms with Crippen LogP contribution in [-0.4, -0.2) is 11.1 Å². The Labute approximate surface area is 161 Å². The first kappa shape index (κ1) is 18.2. The summed E-state index contributed by atoms with van der Waals surface area (Å²) in [5, 5.41) is 9.42. The van der Waals surface area contributed by atoms with Crippen molar-refractivity contribution in [1.29, 1.82) is 0 Å². The fourth-order valence-corrected chi connectivity index (χ4v) is 3.45. The Bertz CT molecular complexity index is 863. The first-order valence-electron chi connectivity index (χ1n) is 8.37. The lowest BCUT2D eigenvalue weighted by molar-refractivity contribution is -0.137. The molecule has 3 rings (SSSR count). The van der Waals surface area contributed by atoms with Gasteiger partial charge in [-0.3, -0.25) is 4.79 Å². The van der Waals surface area contributed by atoms with Crippen molar-refractivity contribution in [3.63, 3.8) is 0 Å². The van der Waals surface area contributed by atoms with Crippen molar-refractivity contribution in [2.45, 2.75) is 18.9 Å². The van der Waals surface area contributed by atoms with Crippen LogP contribution >= 0.6 is 15.9 Å². The number of carbonyl (C=O) groups is 1. The molecule has 0 unspecified atom stereocenters. The number of benzene rings is 3. The average molecular weight is 411 g/mol. The zero-order valence-corrected chi connectivity index (χ0v) is 15.7. The highest BCUT2D eigenvalue weighted by molar-refractivity contribution is 9.10. The molecule has 0 aliphatic heterocycles. The number of halogens is 1. The summed E-state index contributed by atoms with van der Waals surface area (Å²) in [6, 6.07) is 25.3. The fourth-order valence-electron chi connectivity index (χ4n) is 2.95. The molecule has 0 saturated carbocycles. The topological polar surface area (TPSA) is 46.5 Å². The molecule has 0 aliphatic carbocycles. The molecule has 0 aliphatic rings. The van der Waals surface area contributed by atoms with Gasteiger partial charge in [0.25, 0.3) is 0 Å². The summed E-state index contributed by atoms with van der Waals surface area (Å²) < 4.78 is 6.92. The smallest absolute Gasteiger partial charge is 0.304 e. The van der Waals surface area contributed by atoms with E-state index in [4.69, 9.17) is 4.74 Å². The molecule has 3 nitrogen and oxygen atoms in total. The second-order valence-electron chi connectivity index (χ2n) is 5.99. The van der Waals surface area contributed by atoms with Crippen LogP contribution in [0.4, 0.5) is 0 Å². The van der Waals surface area contributed by atoms with Gasteiger partial charge in [0.1, 0.15) is 12.4 Å². The van der Waals surface area contributed by atoms with Crippen LogP contribution in [0, 0.1) is 0 Å². The molecular formula is C22H19BrO3. The second-order valence-corrected chi connectivity index (χ2v) is 6.85. The Hall–Kier alpha value is -2.59.